The second-order valence-electron chi connectivity index (χ2n) is 6.81. The van der Waals surface area contributed by atoms with E-state index in [9.17, 15) is 9.50 Å². The van der Waals surface area contributed by atoms with Gasteiger partial charge in [0.15, 0.2) is 0 Å². The number of aliphatic hydroxyl groups is 1. The van der Waals surface area contributed by atoms with Crippen molar-refractivity contribution in [3.05, 3.63) is 30.1 Å². The third-order valence-corrected chi connectivity index (χ3v) is 4.32. The number of hydrogen-bond acceptors (Lipinski definition) is 4. The smallest absolute Gasteiger partial charge is 0.123 e. The molecule has 2 rings (SSSR count). The molecule has 1 heterocycles. The summed E-state index contributed by atoms with van der Waals surface area (Å²) in [5, 5.41) is 10.7. The second-order valence-corrected chi connectivity index (χ2v) is 6.81. The maximum atomic E-state index is 12.8. The monoisotopic (exact) mass is 324 g/mol. The van der Waals surface area contributed by atoms with Gasteiger partial charge < -0.3 is 19.6 Å². The molecule has 0 amide bonds. The lowest BCUT2D eigenvalue weighted by atomic mass is 9.94. The minimum atomic E-state index is -0.553. The summed E-state index contributed by atoms with van der Waals surface area (Å²) in [7, 11) is 4.01. The van der Waals surface area contributed by atoms with E-state index in [2.05, 4.69) is 9.80 Å². The molecule has 0 saturated carbocycles. The SMILES string of the molecule is CN(C)CC1(O)CCCN(CCCOc2ccc(F)cc2)CC1. The van der Waals surface area contributed by atoms with Gasteiger partial charge in [-0.25, -0.2) is 4.39 Å². The van der Waals surface area contributed by atoms with Crippen LogP contribution < -0.4 is 4.74 Å². The van der Waals surface area contributed by atoms with E-state index >= 15 is 0 Å². The van der Waals surface area contributed by atoms with Crippen molar-refractivity contribution >= 4 is 0 Å². The molecule has 1 unspecified atom stereocenters. The number of likely N-dealkylation sites (tertiary alicyclic amines) is 1. The quantitative estimate of drug-likeness (QED) is 0.781. The summed E-state index contributed by atoms with van der Waals surface area (Å²) >= 11 is 0. The number of rotatable bonds is 7. The molecular weight excluding hydrogens is 295 g/mol. The van der Waals surface area contributed by atoms with E-state index in [-0.39, 0.29) is 5.82 Å². The largest absolute Gasteiger partial charge is 0.494 e. The Kier molecular flexibility index (Phi) is 6.81. The van der Waals surface area contributed by atoms with Gasteiger partial charge in [0.25, 0.3) is 0 Å². The van der Waals surface area contributed by atoms with E-state index < -0.39 is 5.60 Å². The molecule has 0 spiro atoms. The first-order valence-corrected chi connectivity index (χ1v) is 8.45. The summed E-state index contributed by atoms with van der Waals surface area (Å²) in [5.41, 5.74) is -0.553. The van der Waals surface area contributed by atoms with Crippen molar-refractivity contribution in [1.82, 2.24) is 9.80 Å². The molecule has 1 saturated heterocycles. The predicted octanol–water partition coefficient (Wildman–Crippen LogP) is 2.37. The normalized spacial score (nSPS) is 23.0. The van der Waals surface area contributed by atoms with Gasteiger partial charge >= 0.3 is 0 Å². The number of halogens is 1. The van der Waals surface area contributed by atoms with Crippen LogP contribution in [0.1, 0.15) is 25.7 Å². The molecule has 0 aromatic heterocycles. The van der Waals surface area contributed by atoms with Crippen molar-refractivity contribution in [2.24, 2.45) is 0 Å². The fourth-order valence-electron chi connectivity index (χ4n) is 3.21. The predicted molar refractivity (Wildman–Crippen MR) is 90.3 cm³/mol. The van der Waals surface area contributed by atoms with Gasteiger partial charge in [-0.3, -0.25) is 0 Å². The lowest BCUT2D eigenvalue weighted by Gasteiger charge is -2.30. The number of likely N-dealkylation sites (N-methyl/N-ethyl adjacent to an activating group) is 1. The molecule has 1 aliphatic heterocycles. The fourth-order valence-corrected chi connectivity index (χ4v) is 3.21. The van der Waals surface area contributed by atoms with Gasteiger partial charge in [0.1, 0.15) is 11.6 Å². The lowest BCUT2D eigenvalue weighted by molar-refractivity contribution is 0.00269. The van der Waals surface area contributed by atoms with Crippen LogP contribution in [-0.4, -0.2) is 67.4 Å². The Bertz CT molecular complexity index is 467. The van der Waals surface area contributed by atoms with Crippen molar-refractivity contribution in [3.8, 4) is 5.75 Å². The summed E-state index contributed by atoms with van der Waals surface area (Å²) in [4.78, 5) is 4.47. The highest BCUT2D eigenvalue weighted by atomic mass is 19.1. The Balaban J connectivity index is 1.67. The molecular formula is C18H29FN2O2. The van der Waals surface area contributed by atoms with Crippen LogP contribution in [0.3, 0.4) is 0 Å². The van der Waals surface area contributed by atoms with Crippen molar-refractivity contribution in [3.63, 3.8) is 0 Å². The standard InChI is InChI=1S/C18H29FN2O2/c1-20(2)15-18(22)9-3-11-21(13-10-18)12-4-14-23-17-7-5-16(19)6-8-17/h5-8,22H,3-4,9-15H2,1-2H3. The van der Waals surface area contributed by atoms with E-state index in [0.29, 0.717) is 12.4 Å². The average Bonchev–Trinajstić information content (AvgIpc) is 2.67. The summed E-state index contributed by atoms with van der Waals surface area (Å²) in [6.07, 6.45) is 3.66. The maximum Gasteiger partial charge on any atom is 0.123 e. The minimum absolute atomic E-state index is 0.243. The molecule has 5 heteroatoms. The molecule has 130 valence electrons. The third-order valence-electron chi connectivity index (χ3n) is 4.32. The number of nitrogens with zero attached hydrogens (tertiary/aromatic N) is 2. The highest BCUT2D eigenvalue weighted by Crippen LogP contribution is 2.23. The van der Waals surface area contributed by atoms with Crippen LogP contribution in [-0.2, 0) is 0 Å². The minimum Gasteiger partial charge on any atom is -0.494 e. The van der Waals surface area contributed by atoms with Crippen LogP contribution in [0.25, 0.3) is 0 Å². The zero-order valence-corrected chi connectivity index (χ0v) is 14.3. The van der Waals surface area contributed by atoms with E-state index in [1.54, 1.807) is 12.1 Å². The zero-order chi connectivity index (χ0) is 16.7. The van der Waals surface area contributed by atoms with Crippen LogP contribution in [0.2, 0.25) is 0 Å². The van der Waals surface area contributed by atoms with Crippen molar-refractivity contribution < 1.29 is 14.2 Å². The molecule has 1 aromatic rings. The topological polar surface area (TPSA) is 35.9 Å². The lowest BCUT2D eigenvalue weighted by Crippen LogP contribution is -2.41. The van der Waals surface area contributed by atoms with Gasteiger partial charge in [-0.05, 0) is 70.6 Å². The summed E-state index contributed by atoms with van der Waals surface area (Å²) < 4.78 is 18.4. The molecule has 0 radical (unpaired) electrons. The molecule has 1 aliphatic rings. The van der Waals surface area contributed by atoms with Gasteiger partial charge in [0, 0.05) is 19.6 Å². The Hall–Kier alpha value is -1.17. The van der Waals surface area contributed by atoms with Crippen LogP contribution in [0.15, 0.2) is 24.3 Å². The van der Waals surface area contributed by atoms with Gasteiger partial charge in [-0.15, -0.1) is 0 Å². The number of ether oxygens (including phenoxy) is 1. The van der Waals surface area contributed by atoms with Crippen molar-refractivity contribution in [2.75, 3.05) is 46.9 Å². The van der Waals surface area contributed by atoms with Gasteiger partial charge in [0.2, 0.25) is 0 Å². The molecule has 1 N–H and O–H groups in total. The summed E-state index contributed by atoms with van der Waals surface area (Å²) in [6, 6.07) is 6.14. The third kappa shape index (κ3) is 6.45. The summed E-state index contributed by atoms with van der Waals surface area (Å²) in [6.45, 7) is 4.30. The highest BCUT2D eigenvalue weighted by molar-refractivity contribution is 5.21. The molecule has 1 aromatic carbocycles. The number of benzene rings is 1. The van der Waals surface area contributed by atoms with Crippen LogP contribution in [0.5, 0.6) is 5.75 Å². The zero-order valence-electron chi connectivity index (χ0n) is 14.3. The first-order chi connectivity index (χ1) is 11.0. The summed E-state index contributed by atoms with van der Waals surface area (Å²) in [5.74, 6) is 0.467. The Morgan fingerprint density at radius 3 is 2.65 bits per heavy atom. The molecule has 0 aliphatic carbocycles. The van der Waals surface area contributed by atoms with Crippen LogP contribution in [0, 0.1) is 5.82 Å². The number of hydrogen-bond donors (Lipinski definition) is 1. The van der Waals surface area contributed by atoms with Crippen molar-refractivity contribution in [1.29, 1.82) is 0 Å². The highest BCUT2D eigenvalue weighted by Gasteiger charge is 2.30. The molecule has 4 nitrogen and oxygen atoms in total. The maximum absolute atomic E-state index is 12.8. The van der Waals surface area contributed by atoms with E-state index in [4.69, 9.17) is 4.74 Å². The Morgan fingerprint density at radius 2 is 1.96 bits per heavy atom. The van der Waals surface area contributed by atoms with Gasteiger partial charge in [-0.2, -0.15) is 0 Å². The van der Waals surface area contributed by atoms with Crippen LogP contribution in [0.4, 0.5) is 4.39 Å². The van der Waals surface area contributed by atoms with E-state index in [1.165, 1.54) is 12.1 Å². The second kappa shape index (κ2) is 8.62. The van der Waals surface area contributed by atoms with Gasteiger partial charge in [-0.1, -0.05) is 0 Å². The Labute approximate surface area is 138 Å². The van der Waals surface area contributed by atoms with E-state index in [1.807, 2.05) is 14.1 Å². The molecule has 1 atom stereocenters. The molecule has 0 bridgehead atoms. The van der Waals surface area contributed by atoms with Crippen molar-refractivity contribution in [2.45, 2.75) is 31.3 Å². The van der Waals surface area contributed by atoms with Crippen LogP contribution >= 0.6 is 0 Å². The first-order valence-electron chi connectivity index (χ1n) is 8.45. The average molecular weight is 324 g/mol. The molecule has 23 heavy (non-hydrogen) atoms. The van der Waals surface area contributed by atoms with E-state index in [0.717, 1.165) is 51.9 Å². The Morgan fingerprint density at radius 1 is 1.22 bits per heavy atom. The molecule has 1 fully saturated rings. The van der Waals surface area contributed by atoms with Gasteiger partial charge in [0.05, 0.1) is 12.2 Å². The fraction of sp³-hybridized carbons (Fsp3) is 0.667. The first kappa shape index (κ1) is 18.2.